The van der Waals surface area contributed by atoms with Crippen molar-refractivity contribution in [3.8, 4) is 22.8 Å². The van der Waals surface area contributed by atoms with Gasteiger partial charge in [-0.1, -0.05) is 12.1 Å². The van der Waals surface area contributed by atoms with E-state index in [0.29, 0.717) is 0 Å². The summed E-state index contributed by atoms with van der Waals surface area (Å²) < 4.78 is 7.12. The van der Waals surface area contributed by atoms with Crippen LogP contribution in [0.2, 0.25) is 0 Å². The molecule has 19 heavy (non-hydrogen) atoms. The molecule has 0 aliphatic carbocycles. The number of benzene rings is 1. The van der Waals surface area contributed by atoms with Crippen LogP contribution < -0.4 is 4.74 Å². The molecule has 3 aromatic rings. The van der Waals surface area contributed by atoms with Gasteiger partial charge < -0.3 is 4.74 Å². The highest BCUT2D eigenvalue weighted by molar-refractivity contribution is 5.66. The molecule has 0 aliphatic heterocycles. The molecule has 2 aromatic heterocycles. The molecule has 2 heterocycles. The zero-order valence-electron chi connectivity index (χ0n) is 10.4. The molecule has 5 nitrogen and oxygen atoms in total. The monoisotopic (exact) mass is 252 g/mol. The Hall–Kier alpha value is -2.69. The second kappa shape index (κ2) is 4.89. The number of ether oxygens (including phenoxy) is 1. The first-order valence-corrected chi connectivity index (χ1v) is 5.84. The van der Waals surface area contributed by atoms with Gasteiger partial charge in [0, 0.05) is 18.0 Å². The lowest BCUT2D eigenvalue weighted by Crippen LogP contribution is -1.98. The number of para-hydroxylation sites is 1. The lowest BCUT2D eigenvalue weighted by molar-refractivity contribution is 0.416. The molecule has 0 saturated carbocycles. The summed E-state index contributed by atoms with van der Waals surface area (Å²) in [6.45, 7) is 0. The van der Waals surface area contributed by atoms with Gasteiger partial charge >= 0.3 is 0 Å². The summed E-state index contributed by atoms with van der Waals surface area (Å²) in [4.78, 5) is 3.98. The van der Waals surface area contributed by atoms with Crippen molar-refractivity contribution in [3.63, 3.8) is 0 Å². The number of rotatable bonds is 3. The van der Waals surface area contributed by atoms with Crippen molar-refractivity contribution in [3.05, 3.63) is 55.1 Å². The van der Waals surface area contributed by atoms with Gasteiger partial charge in [-0.3, -0.25) is 4.57 Å². The van der Waals surface area contributed by atoms with Crippen LogP contribution in [0.25, 0.3) is 17.1 Å². The lowest BCUT2D eigenvalue weighted by atomic mass is 10.1. The Balaban J connectivity index is 1.99. The summed E-state index contributed by atoms with van der Waals surface area (Å²) in [7, 11) is 1.64. The number of imidazole rings is 1. The minimum Gasteiger partial charge on any atom is -0.496 e. The molecule has 0 bridgehead atoms. The molecule has 1 aromatic carbocycles. The highest BCUT2D eigenvalue weighted by Gasteiger charge is 2.07. The molecule has 0 unspecified atom stereocenters. The molecule has 3 rings (SSSR count). The third-order valence-corrected chi connectivity index (χ3v) is 2.80. The molecule has 0 atom stereocenters. The van der Waals surface area contributed by atoms with Crippen molar-refractivity contribution < 1.29 is 4.74 Å². The first-order chi connectivity index (χ1) is 9.38. The second-order valence-electron chi connectivity index (χ2n) is 3.95. The van der Waals surface area contributed by atoms with Crippen molar-refractivity contribution in [2.45, 2.75) is 0 Å². The van der Waals surface area contributed by atoms with Gasteiger partial charge in [0.05, 0.1) is 12.8 Å². The smallest absolute Gasteiger partial charge is 0.160 e. The van der Waals surface area contributed by atoms with Crippen LogP contribution in [0, 0.1) is 0 Å². The van der Waals surface area contributed by atoms with Gasteiger partial charge in [0.1, 0.15) is 12.1 Å². The van der Waals surface area contributed by atoms with Crippen LogP contribution in [0.3, 0.4) is 0 Å². The van der Waals surface area contributed by atoms with E-state index in [1.54, 1.807) is 24.2 Å². The van der Waals surface area contributed by atoms with Gasteiger partial charge in [-0.05, 0) is 24.3 Å². The van der Waals surface area contributed by atoms with E-state index in [9.17, 15) is 0 Å². The maximum atomic E-state index is 5.32. The van der Waals surface area contributed by atoms with Crippen LogP contribution in [0.15, 0.2) is 55.1 Å². The molecule has 0 amide bonds. The zero-order valence-corrected chi connectivity index (χ0v) is 10.4. The van der Waals surface area contributed by atoms with Crippen molar-refractivity contribution in [1.29, 1.82) is 0 Å². The maximum Gasteiger partial charge on any atom is 0.160 e. The van der Waals surface area contributed by atoms with E-state index in [1.165, 1.54) is 0 Å². The number of nitrogens with zero attached hydrogens (tertiary/aromatic N) is 4. The zero-order chi connectivity index (χ0) is 13.1. The predicted octanol–water partition coefficient (Wildman–Crippen LogP) is 2.34. The fraction of sp³-hybridized carbons (Fsp3) is 0.0714. The minimum absolute atomic E-state index is 0.733. The molecule has 5 heteroatoms. The Labute approximate surface area is 110 Å². The third kappa shape index (κ3) is 2.18. The van der Waals surface area contributed by atoms with E-state index in [2.05, 4.69) is 15.2 Å². The Morgan fingerprint density at radius 2 is 1.95 bits per heavy atom. The summed E-state index contributed by atoms with van der Waals surface area (Å²) in [5, 5.41) is 8.43. The molecule has 0 spiro atoms. The topological polar surface area (TPSA) is 52.8 Å². The van der Waals surface area contributed by atoms with E-state index >= 15 is 0 Å². The summed E-state index contributed by atoms with van der Waals surface area (Å²) in [6, 6.07) is 11.6. The van der Waals surface area contributed by atoms with Crippen LogP contribution in [0.1, 0.15) is 0 Å². The number of hydrogen-bond donors (Lipinski definition) is 0. The van der Waals surface area contributed by atoms with Crippen LogP contribution >= 0.6 is 0 Å². The summed E-state index contributed by atoms with van der Waals surface area (Å²) in [5.41, 5.74) is 1.70. The Bertz CT molecular complexity index is 662. The number of aromatic nitrogens is 4. The van der Waals surface area contributed by atoms with Crippen molar-refractivity contribution in [2.24, 2.45) is 0 Å². The van der Waals surface area contributed by atoms with E-state index in [0.717, 1.165) is 22.8 Å². The highest BCUT2D eigenvalue weighted by Crippen LogP contribution is 2.27. The van der Waals surface area contributed by atoms with Crippen LogP contribution in [-0.2, 0) is 0 Å². The summed E-state index contributed by atoms with van der Waals surface area (Å²) in [5.74, 6) is 1.52. The largest absolute Gasteiger partial charge is 0.496 e. The third-order valence-electron chi connectivity index (χ3n) is 2.80. The first kappa shape index (κ1) is 11.4. The Morgan fingerprint density at radius 1 is 1.05 bits per heavy atom. The minimum atomic E-state index is 0.733. The molecule has 0 fully saturated rings. The highest BCUT2D eigenvalue weighted by atomic mass is 16.5. The van der Waals surface area contributed by atoms with Gasteiger partial charge in [0.15, 0.2) is 5.82 Å². The fourth-order valence-electron chi connectivity index (χ4n) is 1.86. The second-order valence-corrected chi connectivity index (χ2v) is 3.95. The molecular formula is C14H12N4O. The van der Waals surface area contributed by atoms with E-state index in [4.69, 9.17) is 4.74 Å². The van der Waals surface area contributed by atoms with Crippen molar-refractivity contribution in [1.82, 2.24) is 19.7 Å². The maximum absolute atomic E-state index is 5.32. The van der Waals surface area contributed by atoms with Gasteiger partial charge in [-0.25, -0.2) is 4.98 Å². The Morgan fingerprint density at radius 3 is 2.63 bits per heavy atom. The summed E-state index contributed by atoms with van der Waals surface area (Å²) in [6.07, 6.45) is 5.22. The standard InChI is InChI=1S/C14H12N4O/c1-19-13-5-3-2-4-11(13)12-6-7-14(17-16-12)18-9-8-15-10-18/h2-10H,1H3. The molecule has 94 valence electrons. The van der Waals surface area contributed by atoms with Gasteiger partial charge in [0.2, 0.25) is 0 Å². The number of methoxy groups -OCH3 is 1. The molecule has 0 radical (unpaired) electrons. The molecule has 0 saturated heterocycles. The van der Waals surface area contributed by atoms with Crippen molar-refractivity contribution in [2.75, 3.05) is 7.11 Å². The Kier molecular flexibility index (Phi) is 2.94. The van der Waals surface area contributed by atoms with Crippen molar-refractivity contribution >= 4 is 0 Å². The van der Waals surface area contributed by atoms with E-state index in [1.807, 2.05) is 42.6 Å². The normalized spacial score (nSPS) is 10.4. The quantitative estimate of drug-likeness (QED) is 0.718. The molecular weight excluding hydrogens is 240 g/mol. The lowest BCUT2D eigenvalue weighted by Gasteiger charge is -2.07. The van der Waals surface area contributed by atoms with Crippen LogP contribution in [0.5, 0.6) is 5.75 Å². The van der Waals surface area contributed by atoms with E-state index < -0.39 is 0 Å². The van der Waals surface area contributed by atoms with Gasteiger partial charge in [-0.15, -0.1) is 10.2 Å². The average molecular weight is 252 g/mol. The van der Waals surface area contributed by atoms with Gasteiger partial charge in [-0.2, -0.15) is 0 Å². The molecule has 0 N–H and O–H groups in total. The predicted molar refractivity (Wildman–Crippen MR) is 71.1 cm³/mol. The van der Waals surface area contributed by atoms with E-state index in [-0.39, 0.29) is 0 Å². The average Bonchev–Trinajstić information content (AvgIpc) is 3.02. The molecule has 0 aliphatic rings. The fourth-order valence-corrected chi connectivity index (χ4v) is 1.86. The van der Waals surface area contributed by atoms with Gasteiger partial charge in [0.25, 0.3) is 0 Å². The first-order valence-electron chi connectivity index (χ1n) is 5.84. The number of hydrogen-bond acceptors (Lipinski definition) is 4. The summed E-state index contributed by atoms with van der Waals surface area (Å²) >= 11 is 0. The van der Waals surface area contributed by atoms with Crippen LogP contribution in [0.4, 0.5) is 0 Å². The SMILES string of the molecule is COc1ccccc1-c1ccc(-n2ccnc2)nn1. The van der Waals surface area contributed by atoms with Crippen LogP contribution in [-0.4, -0.2) is 26.9 Å².